The summed E-state index contributed by atoms with van der Waals surface area (Å²) in [5, 5.41) is 2.73. The van der Waals surface area contributed by atoms with Gasteiger partial charge in [-0.05, 0) is 12.2 Å². The molecule has 4 nitrogen and oxygen atoms in total. The SMILES string of the molecule is C=C(N)NC(=S)NN. The number of hydrazine groups is 1. The molecule has 0 aliphatic rings. The van der Waals surface area contributed by atoms with Crippen molar-refractivity contribution in [2.75, 3.05) is 0 Å². The van der Waals surface area contributed by atoms with Gasteiger partial charge in [-0.25, -0.2) is 5.84 Å². The van der Waals surface area contributed by atoms with E-state index in [1.807, 2.05) is 0 Å². The molecule has 0 aliphatic carbocycles. The topological polar surface area (TPSA) is 76.1 Å². The monoisotopic (exact) mass is 132 g/mol. The van der Waals surface area contributed by atoms with Crippen LogP contribution in [-0.2, 0) is 0 Å². The molecule has 0 radical (unpaired) electrons. The first-order chi connectivity index (χ1) is 3.66. The van der Waals surface area contributed by atoms with E-state index in [0.29, 0.717) is 0 Å². The summed E-state index contributed by atoms with van der Waals surface area (Å²) in [6.45, 7) is 3.33. The summed E-state index contributed by atoms with van der Waals surface area (Å²) in [5.41, 5.74) is 7.26. The minimum atomic E-state index is 0.262. The summed E-state index contributed by atoms with van der Waals surface area (Å²) in [6.07, 6.45) is 0. The maximum atomic E-state index is 5.08. The Kier molecular flexibility index (Phi) is 2.90. The second kappa shape index (κ2) is 3.23. The van der Waals surface area contributed by atoms with E-state index in [-0.39, 0.29) is 10.9 Å². The maximum Gasteiger partial charge on any atom is 0.186 e. The van der Waals surface area contributed by atoms with E-state index in [4.69, 9.17) is 11.6 Å². The molecule has 0 rings (SSSR count). The lowest BCUT2D eigenvalue weighted by atomic mass is 10.8. The highest BCUT2D eigenvalue weighted by Crippen LogP contribution is 1.65. The van der Waals surface area contributed by atoms with Crippen molar-refractivity contribution < 1.29 is 0 Å². The Hall–Kier alpha value is -0.810. The molecule has 0 saturated carbocycles. The van der Waals surface area contributed by atoms with Gasteiger partial charge >= 0.3 is 0 Å². The number of nitrogens with one attached hydrogen (secondary N) is 2. The molecule has 0 aromatic carbocycles. The molecule has 0 spiro atoms. The summed E-state index contributed by atoms with van der Waals surface area (Å²) in [5.74, 6) is 5.14. The average Bonchev–Trinajstić information content (AvgIpc) is 1.65. The van der Waals surface area contributed by atoms with Gasteiger partial charge in [0.25, 0.3) is 0 Å². The number of hydrogen-bond acceptors (Lipinski definition) is 3. The van der Waals surface area contributed by atoms with E-state index in [1.165, 1.54) is 0 Å². The fourth-order valence-electron chi connectivity index (χ4n) is 0.182. The fraction of sp³-hybridized carbons (Fsp3) is 0. The number of rotatable bonds is 1. The van der Waals surface area contributed by atoms with Crippen molar-refractivity contribution in [3.63, 3.8) is 0 Å². The summed E-state index contributed by atoms with van der Waals surface area (Å²) in [6, 6.07) is 0. The van der Waals surface area contributed by atoms with Crippen molar-refractivity contribution in [2.24, 2.45) is 11.6 Å². The van der Waals surface area contributed by atoms with Crippen LogP contribution in [0, 0.1) is 0 Å². The van der Waals surface area contributed by atoms with E-state index < -0.39 is 0 Å². The highest BCUT2D eigenvalue weighted by molar-refractivity contribution is 7.80. The normalized spacial score (nSPS) is 7.62. The Bertz CT molecular complexity index is 110. The molecule has 5 heteroatoms. The van der Waals surface area contributed by atoms with Gasteiger partial charge in [0.05, 0.1) is 5.82 Å². The number of hydrogen-bond donors (Lipinski definition) is 4. The fourth-order valence-corrected chi connectivity index (χ4v) is 0.313. The lowest BCUT2D eigenvalue weighted by Crippen LogP contribution is -2.40. The third-order valence-corrected chi connectivity index (χ3v) is 0.625. The van der Waals surface area contributed by atoms with Crippen LogP contribution in [0.25, 0.3) is 0 Å². The summed E-state index contributed by atoms with van der Waals surface area (Å²) in [7, 11) is 0. The van der Waals surface area contributed by atoms with Crippen molar-refractivity contribution in [2.45, 2.75) is 0 Å². The molecule has 8 heavy (non-hydrogen) atoms. The molecule has 0 fully saturated rings. The molecule has 46 valence electrons. The Labute approximate surface area is 52.9 Å². The van der Waals surface area contributed by atoms with Crippen LogP contribution in [0.15, 0.2) is 12.4 Å². The van der Waals surface area contributed by atoms with E-state index >= 15 is 0 Å². The first-order valence-corrected chi connectivity index (χ1v) is 2.29. The lowest BCUT2D eigenvalue weighted by molar-refractivity contribution is 0.962. The summed E-state index contributed by atoms with van der Waals surface area (Å²) >= 11 is 4.54. The zero-order valence-electron chi connectivity index (χ0n) is 4.27. The van der Waals surface area contributed by atoms with Crippen molar-refractivity contribution >= 4 is 17.3 Å². The van der Waals surface area contributed by atoms with Gasteiger partial charge in [-0.3, -0.25) is 0 Å². The van der Waals surface area contributed by atoms with Gasteiger partial charge < -0.3 is 16.5 Å². The van der Waals surface area contributed by atoms with Gasteiger partial charge in [-0.2, -0.15) is 0 Å². The number of thiocarbonyl (C=S) groups is 1. The van der Waals surface area contributed by atoms with Crippen molar-refractivity contribution in [1.82, 2.24) is 10.7 Å². The zero-order chi connectivity index (χ0) is 6.57. The first kappa shape index (κ1) is 7.19. The van der Waals surface area contributed by atoms with Gasteiger partial charge in [0.15, 0.2) is 5.11 Å². The molecule has 0 amide bonds. The van der Waals surface area contributed by atoms with Crippen LogP contribution in [-0.4, -0.2) is 5.11 Å². The van der Waals surface area contributed by atoms with E-state index in [9.17, 15) is 0 Å². The zero-order valence-corrected chi connectivity index (χ0v) is 5.09. The second-order valence-corrected chi connectivity index (χ2v) is 1.53. The van der Waals surface area contributed by atoms with Gasteiger partial charge in [0.1, 0.15) is 0 Å². The smallest absolute Gasteiger partial charge is 0.186 e. The Morgan fingerprint density at radius 2 is 2.12 bits per heavy atom. The van der Waals surface area contributed by atoms with E-state index in [2.05, 4.69) is 29.5 Å². The third-order valence-electron chi connectivity index (χ3n) is 0.405. The molecule has 0 aliphatic heterocycles. The lowest BCUT2D eigenvalue weighted by Gasteiger charge is -2.02. The molecule has 0 unspecified atom stereocenters. The van der Waals surface area contributed by atoms with Crippen LogP contribution >= 0.6 is 12.2 Å². The van der Waals surface area contributed by atoms with Gasteiger partial charge in [0.2, 0.25) is 0 Å². The Balaban J connectivity index is 3.40. The van der Waals surface area contributed by atoms with Crippen molar-refractivity contribution in [1.29, 1.82) is 0 Å². The molecular formula is C3H8N4S. The van der Waals surface area contributed by atoms with Crippen molar-refractivity contribution in [3.05, 3.63) is 12.4 Å². The molecule has 0 bridgehead atoms. The molecule has 6 N–H and O–H groups in total. The van der Waals surface area contributed by atoms with Gasteiger partial charge in [0, 0.05) is 0 Å². The van der Waals surface area contributed by atoms with Crippen LogP contribution in [0.2, 0.25) is 0 Å². The van der Waals surface area contributed by atoms with Crippen LogP contribution in [0.5, 0.6) is 0 Å². The molecule has 0 aromatic heterocycles. The maximum absolute atomic E-state index is 5.08. The van der Waals surface area contributed by atoms with Crippen LogP contribution in [0.1, 0.15) is 0 Å². The predicted molar refractivity (Wildman–Crippen MR) is 36.4 cm³/mol. The molecule has 0 aromatic rings. The van der Waals surface area contributed by atoms with Crippen molar-refractivity contribution in [3.8, 4) is 0 Å². The molecule has 0 heterocycles. The second-order valence-electron chi connectivity index (χ2n) is 1.12. The standard InChI is InChI=1S/C3H8N4S/c1-2(4)6-3(8)7-5/h1,4-5H2,(H2,6,7,8). The van der Waals surface area contributed by atoms with Gasteiger partial charge in [-0.1, -0.05) is 6.58 Å². The quantitative estimate of drug-likeness (QED) is 0.204. The molecular weight excluding hydrogens is 124 g/mol. The van der Waals surface area contributed by atoms with Crippen LogP contribution in [0.3, 0.4) is 0 Å². The highest BCUT2D eigenvalue weighted by atomic mass is 32.1. The Morgan fingerprint density at radius 1 is 1.62 bits per heavy atom. The van der Waals surface area contributed by atoms with Crippen LogP contribution < -0.4 is 22.3 Å². The minimum absolute atomic E-state index is 0.262. The highest BCUT2D eigenvalue weighted by Gasteiger charge is 1.86. The van der Waals surface area contributed by atoms with E-state index in [1.54, 1.807) is 0 Å². The summed E-state index contributed by atoms with van der Waals surface area (Å²) in [4.78, 5) is 0. The predicted octanol–water partition coefficient (Wildman–Crippen LogP) is -1.25. The average molecular weight is 132 g/mol. The summed E-state index contributed by atoms with van der Waals surface area (Å²) < 4.78 is 0. The molecule has 0 atom stereocenters. The Morgan fingerprint density at radius 3 is 2.25 bits per heavy atom. The number of nitrogens with two attached hydrogens (primary N) is 2. The minimum Gasteiger partial charge on any atom is -0.386 e. The molecule has 0 saturated heterocycles. The van der Waals surface area contributed by atoms with E-state index in [0.717, 1.165) is 0 Å². The first-order valence-electron chi connectivity index (χ1n) is 1.89. The largest absolute Gasteiger partial charge is 0.386 e. The third kappa shape index (κ3) is 3.38. The van der Waals surface area contributed by atoms with Crippen LogP contribution in [0.4, 0.5) is 0 Å². The van der Waals surface area contributed by atoms with Gasteiger partial charge in [-0.15, -0.1) is 0 Å².